The third-order valence-corrected chi connectivity index (χ3v) is 6.76. The zero-order chi connectivity index (χ0) is 14.3. The molecule has 0 aliphatic carbocycles. The van der Waals surface area contributed by atoms with Crippen molar-refractivity contribution < 1.29 is 8.42 Å². The van der Waals surface area contributed by atoms with Crippen LogP contribution in [0.1, 0.15) is 33.6 Å². The number of thioether (sulfide) groups is 1. The lowest BCUT2D eigenvalue weighted by molar-refractivity contribution is 0.263. The molecule has 0 amide bonds. The van der Waals surface area contributed by atoms with Gasteiger partial charge in [0.2, 0.25) is 0 Å². The molecule has 1 unspecified atom stereocenters. The molecule has 19 heavy (non-hydrogen) atoms. The molecule has 1 atom stereocenters. The van der Waals surface area contributed by atoms with E-state index in [9.17, 15) is 8.42 Å². The monoisotopic (exact) mass is 308 g/mol. The number of sulfone groups is 1. The predicted molar refractivity (Wildman–Crippen MR) is 84.5 cm³/mol. The van der Waals surface area contributed by atoms with Gasteiger partial charge >= 0.3 is 0 Å². The van der Waals surface area contributed by atoms with E-state index >= 15 is 0 Å². The standard InChI is InChI=1S/C13H28N2O2S2/c1-4-19(16,17)13-11-18-10-9-15(13)8-6-5-7-14-12(2)3/h12-14H,4-11H2,1-3H3. The molecule has 0 radical (unpaired) electrons. The molecule has 1 aliphatic heterocycles. The van der Waals surface area contributed by atoms with Crippen LogP contribution in [-0.4, -0.2) is 61.6 Å². The van der Waals surface area contributed by atoms with E-state index in [1.165, 1.54) is 0 Å². The Kier molecular flexibility index (Phi) is 7.72. The summed E-state index contributed by atoms with van der Waals surface area (Å²) in [5.41, 5.74) is 0. The van der Waals surface area contributed by atoms with Crippen molar-refractivity contribution in [3.05, 3.63) is 0 Å². The first-order valence-corrected chi connectivity index (χ1v) is 10.1. The van der Waals surface area contributed by atoms with Crippen molar-refractivity contribution in [1.82, 2.24) is 10.2 Å². The molecule has 0 aromatic carbocycles. The van der Waals surface area contributed by atoms with Crippen LogP contribution in [0.25, 0.3) is 0 Å². The van der Waals surface area contributed by atoms with E-state index in [0.29, 0.717) is 6.04 Å². The van der Waals surface area contributed by atoms with Gasteiger partial charge in [-0.1, -0.05) is 20.8 Å². The maximum Gasteiger partial charge on any atom is 0.166 e. The topological polar surface area (TPSA) is 49.4 Å². The highest BCUT2D eigenvalue weighted by atomic mass is 32.2. The second-order valence-corrected chi connectivity index (χ2v) is 8.93. The molecule has 1 rings (SSSR count). The van der Waals surface area contributed by atoms with Crippen molar-refractivity contribution in [3.63, 3.8) is 0 Å². The summed E-state index contributed by atoms with van der Waals surface area (Å²) in [5.74, 6) is 2.05. The molecule has 1 aliphatic rings. The molecule has 114 valence electrons. The van der Waals surface area contributed by atoms with Gasteiger partial charge in [0.15, 0.2) is 9.84 Å². The van der Waals surface area contributed by atoms with Crippen LogP contribution < -0.4 is 5.32 Å². The second-order valence-electron chi connectivity index (χ2n) is 5.33. The van der Waals surface area contributed by atoms with E-state index in [0.717, 1.165) is 44.0 Å². The van der Waals surface area contributed by atoms with Gasteiger partial charge in [-0.2, -0.15) is 11.8 Å². The highest BCUT2D eigenvalue weighted by molar-refractivity contribution is 8.01. The third-order valence-electron chi connectivity index (χ3n) is 3.43. The maximum atomic E-state index is 12.1. The zero-order valence-corrected chi connectivity index (χ0v) is 14.0. The van der Waals surface area contributed by atoms with Crippen LogP contribution in [0.5, 0.6) is 0 Å². The predicted octanol–water partition coefficient (Wildman–Crippen LogP) is 1.57. The van der Waals surface area contributed by atoms with Crippen LogP contribution in [0.4, 0.5) is 0 Å². The van der Waals surface area contributed by atoms with Crippen molar-refractivity contribution in [3.8, 4) is 0 Å². The van der Waals surface area contributed by atoms with Crippen LogP contribution in [0, 0.1) is 0 Å². The summed E-state index contributed by atoms with van der Waals surface area (Å²) in [6.07, 6.45) is 2.18. The molecule has 0 saturated carbocycles. The van der Waals surface area contributed by atoms with E-state index in [1.54, 1.807) is 18.7 Å². The Morgan fingerprint density at radius 1 is 1.37 bits per heavy atom. The zero-order valence-electron chi connectivity index (χ0n) is 12.4. The Morgan fingerprint density at radius 3 is 2.74 bits per heavy atom. The molecule has 4 nitrogen and oxygen atoms in total. The first kappa shape index (κ1) is 17.3. The minimum atomic E-state index is -2.94. The van der Waals surface area contributed by atoms with E-state index < -0.39 is 9.84 Å². The van der Waals surface area contributed by atoms with Crippen LogP contribution >= 0.6 is 11.8 Å². The maximum absolute atomic E-state index is 12.1. The van der Waals surface area contributed by atoms with Crippen molar-refractivity contribution in [2.75, 3.05) is 36.9 Å². The number of unbranched alkanes of at least 4 members (excludes halogenated alkanes) is 1. The fourth-order valence-corrected chi connectivity index (χ4v) is 5.34. The van der Waals surface area contributed by atoms with E-state index in [-0.39, 0.29) is 11.1 Å². The number of rotatable bonds is 8. The van der Waals surface area contributed by atoms with Crippen LogP contribution in [0.15, 0.2) is 0 Å². The highest BCUT2D eigenvalue weighted by Crippen LogP contribution is 2.21. The van der Waals surface area contributed by atoms with Crippen LogP contribution in [0.3, 0.4) is 0 Å². The van der Waals surface area contributed by atoms with Crippen molar-refractivity contribution >= 4 is 21.6 Å². The molecule has 0 bridgehead atoms. The minimum absolute atomic E-state index is 0.254. The fourth-order valence-electron chi connectivity index (χ4n) is 2.22. The Labute approximate surface area is 122 Å². The first-order chi connectivity index (χ1) is 8.97. The van der Waals surface area contributed by atoms with Crippen molar-refractivity contribution in [2.45, 2.75) is 45.0 Å². The lowest BCUT2D eigenvalue weighted by Gasteiger charge is -2.34. The van der Waals surface area contributed by atoms with Gasteiger partial charge in [-0.25, -0.2) is 8.42 Å². The average molecular weight is 309 g/mol. The number of nitrogens with one attached hydrogen (secondary N) is 1. The molecule has 0 aromatic heterocycles. The van der Waals surface area contributed by atoms with Gasteiger partial charge in [-0.3, -0.25) is 4.90 Å². The molecule has 1 saturated heterocycles. The largest absolute Gasteiger partial charge is 0.315 e. The van der Waals surface area contributed by atoms with E-state index in [2.05, 4.69) is 24.1 Å². The van der Waals surface area contributed by atoms with Crippen molar-refractivity contribution in [1.29, 1.82) is 0 Å². The van der Waals surface area contributed by atoms with Gasteiger partial charge < -0.3 is 5.32 Å². The first-order valence-electron chi connectivity index (χ1n) is 7.24. The van der Waals surface area contributed by atoms with Crippen molar-refractivity contribution in [2.24, 2.45) is 0 Å². The molecular formula is C13H28N2O2S2. The molecule has 0 spiro atoms. The van der Waals surface area contributed by atoms with Gasteiger partial charge in [-0.15, -0.1) is 0 Å². The quantitative estimate of drug-likeness (QED) is 0.690. The normalized spacial score (nSPS) is 22.0. The number of nitrogens with zero attached hydrogens (tertiary/aromatic N) is 1. The van der Waals surface area contributed by atoms with E-state index in [4.69, 9.17) is 0 Å². The summed E-state index contributed by atoms with van der Waals surface area (Å²) in [6, 6.07) is 0.527. The molecule has 1 fully saturated rings. The minimum Gasteiger partial charge on any atom is -0.315 e. The third kappa shape index (κ3) is 6.02. The Bertz CT molecular complexity index is 345. The van der Waals surface area contributed by atoms with Gasteiger partial charge in [0.25, 0.3) is 0 Å². The number of hydrogen-bond acceptors (Lipinski definition) is 5. The molecular weight excluding hydrogens is 280 g/mol. The Morgan fingerprint density at radius 2 is 2.11 bits per heavy atom. The lowest BCUT2D eigenvalue weighted by atomic mass is 10.2. The van der Waals surface area contributed by atoms with Gasteiger partial charge in [0.05, 0.1) is 0 Å². The number of hydrogen-bond donors (Lipinski definition) is 1. The van der Waals surface area contributed by atoms with E-state index in [1.807, 2.05) is 0 Å². The summed E-state index contributed by atoms with van der Waals surface area (Å²) >= 11 is 1.76. The van der Waals surface area contributed by atoms with Gasteiger partial charge in [-0.05, 0) is 25.9 Å². The van der Waals surface area contributed by atoms with Crippen LogP contribution in [-0.2, 0) is 9.84 Å². The molecule has 1 N–H and O–H groups in total. The second kappa shape index (κ2) is 8.49. The highest BCUT2D eigenvalue weighted by Gasteiger charge is 2.32. The summed E-state index contributed by atoms with van der Waals surface area (Å²) in [5, 5.41) is 3.14. The smallest absolute Gasteiger partial charge is 0.166 e. The van der Waals surface area contributed by atoms with Gasteiger partial charge in [0.1, 0.15) is 5.37 Å². The summed E-state index contributed by atoms with van der Waals surface area (Å²) in [4.78, 5) is 2.17. The lowest BCUT2D eigenvalue weighted by Crippen LogP contribution is -2.48. The summed E-state index contributed by atoms with van der Waals surface area (Å²) < 4.78 is 24.2. The van der Waals surface area contributed by atoms with Crippen LogP contribution in [0.2, 0.25) is 0 Å². The van der Waals surface area contributed by atoms with Gasteiger partial charge in [0, 0.05) is 29.8 Å². The average Bonchev–Trinajstić information content (AvgIpc) is 2.38. The molecule has 6 heteroatoms. The summed E-state index contributed by atoms with van der Waals surface area (Å²) in [6.45, 7) is 8.87. The molecule has 0 aromatic rings. The SMILES string of the molecule is CCS(=O)(=O)C1CSCCN1CCCCNC(C)C. The summed E-state index contributed by atoms with van der Waals surface area (Å²) in [7, 11) is -2.94. The molecule has 1 heterocycles. The Hall–Kier alpha value is 0.220. The Balaban J connectivity index is 2.37. The fraction of sp³-hybridized carbons (Fsp3) is 1.00.